The highest BCUT2D eigenvalue weighted by Gasteiger charge is 2.07. The predicted molar refractivity (Wildman–Crippen MR) is 103 cm³/mol. The topological polar surface area (TPSA) is 26.0 Å². The summed E-state index contributed by atoms with van der Waals surface area (Å²) in [5.41, 5.74) is 8.33. The van der Waals surface area contributed by atoms with Crippen LogP contribution in [0.2, 0.25) is 0 Å². The number of rotatable bonds is 7. The number of unbranched alkanes of at least 4 members (excludes halogenated alkanes) is 5. The number of aryl methyl sites for hydroxylation is 1. The molecule has 0 bridgehead atoms. The van der Waals surface area contributed by atoms with Crippen LogP contribution >= 0.6 is 0 Å². The highest BCUT2D eigenvalue weighted by Crippen LogP contribution is 2.31. The molecular formula is C22H27N. The lowest BCUT2D eigenvalue weighted by atomic mass is 9.93. The quantitative estimate of drug-likeness (QED) is 0.302. The lowest BCUT2D eigenvalue weighted by Crippen LogP contribution is -1.93. The van der Waals surface area contributed by atoms with Gasteiger partial charge in [-0.3, -0.25) is 0 Å². The molecule has 3 aromatic carbocycles. The van der Waals surface area contributed by atoms with Crippen LogP contribution < -0.4 is 5.73 Å². The van der Waals surface area contributed by atoms with Crippen LogP contribution in [0.4, 0.5) is 5.69 Å². The monoisotopic (exact) mass is 305 g/mol. The minimum absolute atomic E-state index is 0.846. The number of benzene rings is 3. The molecule has 0 heterocycles. The second kappa shape index (κ2) is 7.50. The summed E-state index contributed by atoms with van der Waals surface area (Å²) >= 11 is 0. The molecule has 3 aromatic rings. The standard InChI is InChI=1S/C22H27N/c1-2-3-4-5-6-7-12-22-20-11-9-8-10-17(20)15-18-16-19(23)13-14-21(18)22/h8-11,13-16H,2-7,12,23H2,1H3. The Kier molecular flexibility index (Phi) is 5.17. The zero-order valence-electron chi connectivity index (χ0n) is 14.1. The molecule has 2 N–H and O–H groups in total. The van der Waals surface area contributed by atoms with E-state index in [0.717, 1.165) is 12.1 Å². The molecule has 0 amide bonds. The maximum Gasteiger partial charge on any atom is 0.0320 e. The van der Waals surface area contributed by atoms with Crippen molar-refractivity contribution in [2.45, 2.75) is 51.9 Å². The van der Waals surface area contributed by atoms with Crippen molar-refractivity contribution in [2.75, 3.05) is 5.73 Å². The van der Waals surface area contributed by atoms with Gasteiger partial charge in [-0.05, 0) is 58.1 Å². The third-order valence-corrected chi connectivity index (χ3v) is 4.78. The van der Waals surface area contributed by atoms with Gasteiger partial charge in [0.25, 0.3) is 0 Å². The fourth-order valence-electron chi connectivity index (χ4n) is 3.54. The van der Waals surface area contributed by atoms with Crippen LogP contribution in [0.3, 0.4) is 0 Å². The van der Waals surface area contributed by atoms with Gasteiger partial charge in [0.15, 0.2) is 0 Å². The number of nitrogen functional groups attached to an aromatic ring is 1. The second-order valence-corrected chi connectivity index (χ2v) is 6.57. The summed E-state index contributed by atoms with van der Waals surface area (Å²) in [4.78, 5) is 0. The highest BCUT2D eigenvalue weighted by atomic mass is 14.5. The zero-order chi connectivity index (χ0) is 16.1. The lowest BCUT2D eigenvalue weighted by molar-refractivity contribution is 0.609. The molecule has 0 unspecified atom stereocenters. The van der Waals surface area contributed by atoms with Crippen LogP contribution in [-0.2, 0) is 6.42 Å². The van der Waals surface area contributed by atoms with E-state index in [1.165, 1.54) is 65.6 Å². The minimum Gasteiger partial charge on any atom is -0.399 e. The molecular weight excluding hydrogens is 278 g/mol. The smallest absolute Gasteiger partial charge is 0.0320 e. The minimum atomic E-state index is 0.846. The Hall–Kier alpha value is -2.02. The van der Waals surface area contributed by atoms with E-state index in [9.17, 15) is 0 Å². The second-order valence-electron chi connectivity index (χ2n) is 6.57. The molecule has 0 aliphatic rings. The molecule has 0 aliphatic heterocycles. The summed E-state index contributed by atoms with van der Waals surface area (Å²) in [5, 5.41) is 5.36. The van der Waals surface area contributed by atoms with Gasteiger partial charge in [0.2, 0.25) is 0 Å². The molecule has 0 aromatic heterocycles. The van der Waals surface area contributed by atoms with Gasteiger partial charge in [0.05, 0.1) is 0 Å². The first kappa shape index (κ1) is 15.9. The molecule has 3 rings (SSSR count). The first-order valence-electron chi connectivity index (χ1n) is 8.99. The fourth-order valence-corrected chi connectivity index (χ4v) is 3.54. The van der Waals surface area contributed by atoms with E-state index in [1.54, 1.807) is 0 Å². The van der Waals surface area contributed by atoms with E-state index in [2.05, 4.69) is 49.4 Å². The van der Waals surface area contributed by atoms with Crippen LogP contribution in [0.1, 0.15) is 51.0 Å². The summed E-state index contributed by atoms with van der Waals surface area (Å²) in [5.74, 6) is 0. The molecule has 120 valence electrons. The first-order chi connectivity index (χ1) is 11.3. The van der Waals surface area contributed by atoms with Gasteiger partial charge in [-0.2, -0.15) is 0 Å². The fraction of sp³-hybridized carbons (Fsp3) is 0.364. The maximum atomic E-state index is 5.99. The van der Waals surface area contributed by atoms with Crippen LogP contribution in [0.15, 0.2) is 48.5 Å². The SMILES string of the molecule is CCCCCCCCc1c2ccccc2cc2cc(N)ccc12. The van der Waals surface area contributed by atoms with Crippen LogP contribution in [-0.4, -0.2) is 0 Å². The Morgan fingerprint density at radius 1 is 0.739 bits per heavy atom. The Balaban J connectivity index is 1.89. The van der Waals surface area contributed by atoms with Gasteiger partial charge in [0.1, 0.15) is 0 Å². The van der Waals surface area contributed by atoms with Gasteiger partial charge in [-0.1, -0.05) is 69.4 Å². The van der Waals surface area contributed by atoms with Crippen molar-refractivity contribution in [3.63, 3.8) is 0 Å². The van der Waals surface area contributed by atoms with Crippen molar-refractivity contribution in [2.24, 2.45) is 0 Å². The number of anilines is 1. The van der Waals surface area contributed by atoms with Gasteiger partial charge >= 0.3 is 0 Å². The number of fused-ring (bicyclic) bond motifs is 2. The summed E-state index contributed by atoms with van der Waals surface area (Å²) < 4.78 is 0. The maximum absolute atomic E-state index is 5.99. The molecule has 1 nitrogen and oxygen atoms in total. The first-order valence-corrected chi connectivity index (χ1v) is 8.99. The van der Waals surface area contributed by atoms with E-state index < -0.39 is 0 Å². The summed E-state index contributed by atoms with van der Waals surface area (Å²) in [6, 6.07) is 17.3. The van der Waals surface area contributed by atoms with Crippen molar-refractivity contribution in [1.29, 1.82) is 0 Å². The number of hydrogen-bond acceptors (Lipinski definition) is 1. The van der Waals surface area contributed by atoms with E-state index >= 15 is 0 Å². The summed E-state index contributed by atoms with van der Waals surface area (Å²) in [6.45, 7) is 2.27. The normalized spacial score (nSPS) is 11.3. The van der Waals surface area contributed by atoms with Crippen molar-refractivity contribution < 1.29 is 0 Å². The Labute approximate surface area is 139 Å². The third-order valence-electron chi connectivity index (χ3n) is 4.78. The number of hydrogen-bond donors (Lipinski definition) is 1. The third kappa shape index (κ3) is 3.67. The average Bonchev–Trinajstić information content (AvgIpc) is 2.56. The van der Waals surface area contributed by atoms with E-state index in [1.807, 2.05) is 6.07 Å². The van der Waals surface area contributed by atoms with Crippen LogP contribution in [0, 0.1) is 0 Å². The molecule has 0 aliphatic carbocycles. The molecule has 0 saturated heterocycles. The van der Waals surface area contributed by atoms with Gasteiger partial charge in [-0.25, -0.2) is 0 Å². The number of nitrogens with two attached hydrogens (primary N) is 1. The Morgan fingerprint density at radius 2 is 1.48 bits per heavy atom. The van der Waals surface area contributed by atoms with E-state index in [4.69, 9.17) is 5.73 Å². The lowest BCUT2D eigenvalue weighted by Gasteiger charge is -2.12. The highest BCUT2D eigenvalue weighted by molar-refractivity contribution is 6.03. The largest absolute Gasteiger partial charge is 0.399 e. The molecule has 0 atom stereocenters. The van der Waals surface area contributed by atoms with Gasteiger partial charge in [-0.15, -0.1) is 0 Å². The van der Waals surface area contributed by atoms with Crippen LogP contribution in [0.25, 0.3) is 21.5 Å². The molecule has 0 spiro atoms. The summed E-state index contributed by atoms with van der Waals surface area (Å²) in [6.07, 6.45) is 9.20. The average molecular weight is 305 g/mol. The predicted octanol–water partition coefficient (Wildman–Crippen LogP) is 6.48. The molecule has 1 heteroatoms. The van der Waals surface area contributed by atoms with Crippen molar-refractivity contribution in [3.05, 3.63) is 54.1 Å². The van der Waals surface area contributed by atoms with Gasteiger partial charge < -0.3 is 5.73 Å². The summed E-state index contributed by atoms with van der Waals surface area (Å²) in [7, 11) is 0. The molecule has 23 heavy (non-hydrogen) atoms. The van der Waals surface area contributed by atoms with E-state index in [0.29, 0.717) is 0 Å². The molecule has 0 saturated carbocycles. The van der Waals surface area contributed by atoms with Crippen molar-refractivity contribution in [3.8, 4) is 0 Å². The zero-order valence-corrected chi connectivity index (χ0v) is 14.1. The van der Waals surface area contributed by atoms with Gasteiger partial charge in [0, 0.05) is 5.69 Å². The Morgan fingerprint density at radius 3 is 2.35 bits per heavy atom. The van der Waals surface area contributed by atoms with Crippen LogP contribution in [0.5, 0.6) is 0 Å². The van der Waals surface area contributed by atoms with Crippen molar-refractivity contribution in [1.82, 2.24) is 0 Å². The van der Waals surface area contributed by atoms with Crippen molar-refractivity contribution >= 4 is 27.2 Å². The van der Waals surface area contributed by atoms with E-state index in [-0.39, 0.29) is 0 Å². The molecule has 0 fully saturated rings. The molecule has 0 radical (unpaired) electrons. The Bertz CT molecular complexity index is 788.